The first-order chi connectivity index (χ1) is 15.0. The van der Waals surface area contributed by atoms with Crippen molar-refractivity contribution >= 4 is 28.9 Å². The molecule has 3 atom stereocenters. The maximum atomic E-state index is 12.9. The first-order valence-corrected chi connectivity index (χ1v) is 10.7. The molecule has 7 nitrogen and oxygen atoms in total. The van der Waals surface area contributed by atoms with E-state index in [-0.39, 0.29) is 41.1 Å². The van der Waals surface area contributed by atoms with Crippen LogP contribution in [0, 0.1) is 22.0 Å². The molecule has 3 aliphatic rings. The van der Waals surface area contributed by atoms with Crippen LogP contribution in [0.1, 0.15) is 42.9 Å². The number of rotatable bonds is 4. The van der Waals surface area contributed by atoms with Gasteiger partial charge in [-0.1, -0.05) is 36.4 Å². The highest BCUT2D eigenvalue weighted by Gasteiger charge is 2.48. The minimum absolute atomic E-state index is 0.0153. The number of allylic oxidation sites excluding steroid dienone is 2. The SMILES string of the molecule is O=C1[C@@H]2CC=CC[C@H]2C(=O)N1c1ccc(N[C@H]2CCCc3ccccc32)c([N+](=O)[O-])c1. The molecule has 2 aromatic carbocycles. The van der Waals surface area contributed by atoms with Crippen LogP contribution in [0.4, 0.5) is 17.1 Å². The van der Waals surface area contributed by atoms with Crippen molar-refractivity contribution in [3.8, 4) is 0 Å². The number of benzene rings is 2. The fraction of sp³-hybridized carbons (Fsp3) is 0.333. The van der Waals surface area contributed by atoms with Crippen LogP contribution >= 0.6 is 0 Å². The van der Waals surface area contributed by atoms with E-state index in [0.717, 1.165) is 29.7 Å². The number of nitro groups is 1. The highest BCUT2D eigenvalue weighted by molar-refractivity contribution is 6.22. The summed E-state index contributed by atoms with van der Waals surface area (Å²) < 4.78 is 0. The molecule has 158 valence electrons. The third-order valence-corrected chi connectivity index (χ3v) is 6.64. The molecule has 2 aromatic rings. The van der Waals surface area contributed by atoms with E-state index in [1.165, 1.54) is 11.6 Å². The van der Waals surface area contributed by atoms with Gasteiger partial charge in [-0.15, -0.1) is 0 Å². The van der Waals surface area contributed by atoms with E-state index < -0.39 is 4.92 Å². The molecule has 0 radical (unpaired) electrons. The third kappa shape index (κ3) is 3.30. The van der Waals surface area contributed by atoms with Gasteiger partial charge in [0, 0.05) is 6.07 Å². The molecule has 31 heavy (non-hydrogen) atoms. The lowest BCUT2D eigenvalue weighted by atomic mass is 9.85. The lowest BCUT2D eigenvalue weighted by Crippen LogP contribution is -2.31. The summed E-state index contributed by atoms with van der Waals surface area (Å²) in [4.78, 5) is 38.2. The number of hydrogen-bond donors (Lipinski definition) is 1. The summed E-state index contributed by atoms with van der Waals surface area (Å²) in [6.45, 7) is 0. The Morgan fingerprint density at radius 3 is 2.42 bits per heavy atom. The predicted octanol–water partition coefficient (Wildman–Crippen LogP) is 4.54. The van der Waals surface area contributed by atoms with Gasteiger partial charge in [0.25, 0.3) is 5.69 Å². The van der Waals surface area contributed by atoms with E-state index in [4.69, 9.17) is 0 Å². The fourth-order valence-electron chi connectivity index (χ4n) is 5.08. The molecule has 1 N–H and O–H groups in total. The van der Waals surface area contributed by atoms with Gasteiger partial charge < -0.3 is 5.32 Å². The molecular formula is C24H23N3O4. The molecule has 2 amide bonds. The molecule has 0 unspecified atom stereocenters. The Morgan fingerprint density at radius 2 is 1.71 bits per heavy atom. The van der Waals surface area contributed by atoms with Crippen molar-refractivity contribution in [2.75, 3.05) is 10.2 Å². The zero-order valence-corrected chi connectivity index (χ0v) is 17.0. The number of carbonyl (C=O) groups is 2. The smallest absolute Gasteiger partial charge is 0.294 e. The van der Waals surface area contributed by atoms with Crippen LogP contribution in [-0.4, -0.2) is 16.7 Å². The van der Waals surface area contributed by atoms with E-state index >= 15 is 0 Å². The number of nitrogens with zero attached hydrogens (tertiary/aromatic N) is 2. The maximum Gasteiger partial charge on any atom is 0.294 e. The lowest BCUT2D eigenvalue weighted by molar-refractivity contribution is -0.383. The molecule has 0 aromatic heterocycles. The summed E-state index contributed by atoms with van der Waals surface area (Å²) in [5.41, 5.74) is 2.96. The average molecular weight is 417 g/mol. The minimum Gasteiger partial charge on any atom is -0.373 e. The lowest BCUT2D eigenvalue weighted by Gasteiger charge is -2.27. The summed E-state index contributed by atoms with van der Waals surface area (Å²) >= 11 is 0. The second-order valence-electron chi connectivity index (χ2n) is 8.41. The zero-order valence-electron chi connectivity index (χ0n) is 17.0. The van der Waals surface area contributed by atoms with E-state index in [1.807, 2.05) is 24.3 Å². The molecule has 0 bridgehead atoms. The first-order valence-electron chi connectivity index (χ1n) is 10.7. The molecule has 0 saturated carbocycles. The Morgan fingerprint density at radius 1 is 1.00 bits per heavy atom. The average Bonchev–Trinajstić information content (AvgIpc) is 3.04. The topological polar surface area (TPSA) is 92.6 Å². The molecule has 1 fully saturated rings. The standard InChI is InChI=1S/C24H23N3O4/c28-23-18-9-3-4-10-19(18)24(29)26(23)16-12-13-21(22(14-16)27(30)31)25-20-11-5-7-15-6-1-2-8-17(15)20/h1-4,6,8,12-14,18-20,25H,5,7,9-11H2/t18-,19-,20+/m1/s1. The minimum atomic E-state index is -0.458. The number of fused-ring (bicyclic) bond motifs is 2. The maximum absolute atomic E-state index is 12.9. The van der Waals surface area contributed by atoms with Crippen molar-refractivity contribution in [3.05, 3.63) is 75.9 Å². The Labute approximate surface area is 179 Å². The molecule has 1 aliphatic heterocycles. The highest BCUT2D eigenvalue weighted by Crippen LogP contribution is 2.41. The Balaban J connectivity index is 1.46. The van der Waals surface area contributed by atoms with E-state index in [2.05, 4.69) is 17.4 Å². The largest absolute Gasteiger partial charge is 0.373 e. The Hall–Kier alpha value is -3.48. The number of hydrogen-bond acceptors (Lipinski definition) is 5. The third-order valence-electron chi connectivity index (χ3n) is 6.64. The van der Waals surface area contributed by atoms with Crippen LogP contribution in [0.5, 0.6) is 0 Å². The van der Waals surface area contributed by atoms with Crippen LogP contribution in [0.15, 0.2) is 54.6 Å². The fourth-order valence-corrected chi connectivity index (χ4v) is 5.08. The highest BCUT2D eigenvalue weighted by atomic mass is 16.6. The van der Waals surface area contributed by atoms with E-state index in [1.54, 1.807) is 12.1 Å². The molecule has 1 heterocycles. The van der Waals surface area contributed by atoms with E-state index in [9.17, 15) is 19.7 Å². The Bertz CT molecular complexity index is 1080. The van der Waals surface area contributed by atoms with Gasteiger partial charge in [0.2, 0.25) is 11.8 Å². The van der Waals surface area contributed by atoms with E-state index in [0.29, 0.717) is 18.5 Å². The monoisotopic (exact) mass is 417 g/mol. The number of nitrogens with one attached hydrogen (secondary N) is 1. The first kappa shape index (κ1) is 19.5. The van der Waals surface area contributed by atoms with Crippen molar-refractivity contribution in [3.63, 3.8) is 0 Å². The normalized spacial score (nSPS) is 24.6. The number of nitro benzene ring substituents is 1. The summed E-state index contributed by atoms with van der Waals surface area (Å²) in [7, 11) is 0. The molecule has 1 saturated heterocycles. The Kier molecular flexibility index (Phi) is 4.81. The van der Waals surface area contributed by atoms with Gasteiger partial charge in [-0.05, 0) is 55.4 Å². The van der Waals surface area contributed by atoms with Gasteiger partial charge in [-0.2, -0.15) is 0 Å². The molecule has 2 aliphatic carbocycles. The number of aryl methyl sites for hydroxylation is 1. The van der Waals surface area contributed by atoms with Crippen molar-refractivity contribution in [2.24, 2.45) is 11.8 Å². The quantitative estimate of drug-likeness (QED) is 0.341. The van der Waals surface area contributed by atoms with Gasteiger partial charge in [-0.3, -0.25) is 19.7 Å². The van der Waals surface area contributed by atoms with Crippen LogP contribution in [0.3, 0.4) is 0 Å². The van der Waals surface area contributed by atoms with Gasteiger partial charge in [0.1, 0.15) is 5.69 Å². The van der Waals surface area contributed by atoms with Gasteiger partial charge in [-0.25, -0.2) is 4.90 Å². The van der Waals surface area contributed by atoms with Crippen molar-refractivity contribution in [1.29, 1.82) is 0 Å². The van der Waals surface area contributed by atoms with Crippen molar-refractivity contribution in [2.45, 2.75) is 38.1 Å². The zero-order chi connectivity index (χ0) is 21.5. The summed E-state index contributed by atoms with van der Waals surface area (Å²) in [6, 6.07) is 12.7. The van der Waals surface area contributed by atoms with Crippen LogP contribution in [-0.2, 0) is 16.0 Å². The molecule has 5 rings (SSSR count). The van der Waals surface area contributed by atoms with Crippen molar-refractivity contribution < 1.29 is 14.5 Å². The summed E-state index contributed by atoms with van der Waals surface area (Å²) in [5, 5.41) is 15.2. The van der Waals surface area contributed by atoms with Crippen LogP contribution < -0.4 is 10.2 Å². The van der Waals surface area contributed by atoms with Gasteiger partial charge in [0.05, 0.1) is 28.5 Å². The number of amides is 2. The number of carbonyl (C=O) groups excluding carboxylic acids is 2. The molecule has 0 spiro atoms. The van der Waals surface area contributed by atoms with Crippen LogP contribution in [0.2, 0.25) is 0 Å². The predicted molar refractivity (Wildman–Crippen MR) is 117 cm³/mol. The second kappa shape index (κ2) is 7.65. The molecular weight excluding hydrogens is 394 g/mol. The van der Waals surface area contributed by atoms with Crippen LogP contribution in [0.25, 0.3) is 0 Å². The second-order valence-corrected chi connectivity index (χ2v) is 8.41. The summed E-state index contributed by atoms with van der Waals surface area (Å²) in [5.74, 6) is -1.27. The van der Waals surface area contributed by atoms with Gasteiger partial charge in [0.15, 0.2) is 0 Å². The van der Waals surface area contributed by atoms with Crippen molar-refractivity contribution in [1.82, 2.24) is 0 Å². The molecule has 7 heteroatoms. The van der Waals surface area contributed by atoms with Gasteiger partial charge >= 0.3 is 0 Å². The number of anilines is 2. The summed E-state index contributed by atoms with van der Waals surface area (Å²) in [6.07, 6.45) is 7.82. The number of imide groups is 1.